The topological polar surface area (TPSA) is 88.4 Å². The van der Waals surface area contributed by atoms with Gasteiger partial charge < -0.3 is 14.8 Å². The summed E-state index contributed by atoms with van der Waals surface area (Å²) in [4.78, 5) is 24.3. The molecule has 1 N–H and O–H groups in total. The predicted octanol–water partition coefficient (Wildman–Crippen LogP) is 2.75. The quantitative estimate of drug-likeness (QED) is 0.854. The number of nitrogens with one attached hydrogen (secondary N) is 1. The number of hydrogen-bond acceptors (Lipinski definition) is 5. The Balaban J connectivity index is 2.03. The largest absolute Gasteiger partial charge is 0.496 e. The molecule has 0 aliphatic heterocycles. The van der Waals surface area contributed by atoms with E-state index >= 15 is 0 Å². The summed E-state index contributed by atoms with van der Waals surface area (Å²) in [6, 6.07) is 15.0. The zero-order valence-electron chi connectivity index (χ0n) is 13.3. The van der Waals surface area contributed by atoms with Gasteiger partial charge in [-0.1, -0.05) is 18.2 Å². The lowest BCUT2D eigenvalue weighted by atomic mass is 10.2. The first-order valence-electron chi connectivity index (χ1n) is 7.20. The van der Waals surface area contributed by atoms with Crippen LogP contribution in [0.2, 0.25) is 0 Å². The first-order chi connectivity index (χ1) is 11.5. The van der Waals surface area contributed by atoms with Gasteiger partial charge in [0.1, 0.15) is 11.3 Å². The van der Waals surface area contributed by atoms with Gasteiger partial charge in [0.2, 0.25) is 0 Å². The highest BCUT2D eigenvalue weighted by molar-refractivity contribution is 5.98. The number of nitriles is 1. The highest BCUT2D eigenvalue weighted by atomic mass is 16.5. The van der Waals surface area contributed by atoms with E-state index in [0.29, 0.717) is 17.0 Å². The van der Waals surface area contributed by atoms with Crippen molar-refractivity contribution in [2.75, 3.05) is 12.4 Å². The summed E-state index contributed by atoms with van der Waals surface area (Å²) >= 11 is 0. The van der Waals surface area contributed by atoms with Crippen LogP contribution in [0.15, 0.2) is 48.5 Å². The minimum atomic E-state index is -1.01. The third-order valence-corrected chi connectivity index (χ3v) is 3.24. The molecule has 2 aromatic carbocycles. The second-order valence-corrected chi connectivity index (χ2v) is 4.93. The number of carbonyl (C=O) groups excluding carboxylic acids is 2. The zero-order chi connectivity index (χ0) is 17.5. The highest BCUT2D eigenvalue weighted by Crippen LogP contribution is 2.19. The molecule has 1 atom stereocenters. The van der Waals surface area contributed by atoms with Crippen LogP contribution in [0.4, 0.5) is 5.69 Å². The van der Waals surface area contributed by atoms with E-state index in [1.54, 1.807) is 42.5 Å². The first kappa shape index (κ1) is 17.0. The minimum Gasteiger partial charge on any atom is -0.496 e. The smallest absolute Gasteiger partial charge is 0.342 e. The number of ether oxygens (including phenoxy) is 2. The molecule has 0 saturated heterocycles. The Kier molecular flexibility index (Phi) is 5.53. The van der Waals surface area contributed by atoms with E-state index in [1.807, 2.05) is 6.07 Å². The molecule has 0 aromatic heterocycles. The predicted molar refractivity (Wildman–Crippen MR) is 87.7 cm³/mol. The van der Waals surface area contributed by atoms with Crippen molar-refractivity contribution in [1.29, 1.82) is 5.26 Å². The molecule has 122 valence electrons. The summed E-state index contributed by atoms with van der Waals surface area (Å²) < 4.78 is 10.3. The third kappa shape index (κ3) is 4.11. The van der Waals surface area contributed by atoms with Crippen molar-refractivity contribution < 1.29 is 19.1 Å². The average Bonchev–Trinajstić information content (AvgIpc) is 2.61. The van der Waals surface area contributed by atoms with E-state index in [1.165, 1.54) is 20.1 Å². The van der Waals surface area contributed by atoms with Gasteiger partial charge >= 0.3 is 5.97 Å². The van der Waals surface area contributed by atoms with Crippen molar-refractivity contribution in [2.45, 2.75) is 13.0 Å². The Morgan fingerprint density at radius 3 is 2.62 bits per heavy atom. The number of rotatable bonds is 5. The molecular weight excluding hydrogens is 308 g/mol. The van der Waals surface area contributed by atoms with Crippen molar-refractivity contribution in [2.24, 2.45) is 0 Å². The van der Waals surface area contributed by atoms with Crippen LogP contribution in [0.5, 0.6) is 5.75 Å². The van der Waals surface area contributed by atoms with Gasteiger partial charge in [-0.05, 0) is 37.3 Å². The first-order valence-corrected chi connectivity index (χ1v) is 7.20. The fourth-order valence-corrected chi connectivity index (χ4v) is 2.00. The summed E-state index contributed by atoms with van der Waals surface area (Å²) in [7, 11) is 1.45. The Morgan fingerprint density at radius 2 is 1.92 bits per heavy atom. The van der Waals surface area contributed by atoms with Crippen molar-refractivity contribution in [1.82, 2.24) is 0 Å². The van der Waals surface area contributed by atoms with Crippen molar-refractivity contribution in [3.05, 3.63) is 59.7 Å². The summed E-state index contributed by atoms with van der Waals surface area (Å²) in [5.41, 5.74) is 1.12. The van der Waals surface area contributed by atoms with Crippen LogP contribution in [0, 0.1) is 11.3 Å². The molecule has 0 radical (unpaired) electrons. The number of para-hydroxylation sites is 1. The molecule has 0 aliphatic rings. The maximum Gasteiger partial charge on any atom is 0.342 e. The molecule has 2 aromatic rings. The van der Waals surface area contributed by atoms with Crippen molar-refractivity contribution in [3.8, 4) is 11.8 Å². The summed E-state index contributed by atoms with van der Waals surface area (Å²) in [6.45, 7) is 1.47. The lowest BCUT2D eigenvalue weighted by molar-refractivity contribution is -0.123. The van der Waals surface area contributed by atoms with E-state index < -0.39 is 18.0 Å². The van der Waals surface area contributed by atoms with E-state index in [0.717, 1.165) is 0 Å². The van der Waals surface area contributed by atoms with Gasteiger partial charge in [-0.3, -0.25) is 4.79 Å². The number of esters is 1. The maximum atomic E-state index is 12.2. The van der Waals surface area contributed by atoms with Gasteiger partial charge in [-0.15, -0.1) is 0 Å². The second-order valence-electron chi connectivity index (χ2n) is 4.93. The number of methoxy groups -OCH3 is 1. The maximum absolute atomic E-state index is 12.2. The van der Waals surface area contributed by atoms with Gasteiger partial charge in [0, 0.05) is 5.69 Å². The Hall–Kier alpha value is -3.33. The van der Waals surface area contributed by atoms with Crippen LogP contribution in [0.3, 0.4) is 0 Å². The lowest BCUT2D eigenvalue weighted by Gasteiger charge is -2.14. The van der Waals surface area contributed by atoms with E-state index in [-0.39, 0.29) is 5.56 Å². The molecule has 1 amide bonds. The molecular formula is C18H16N2O4. The standard InChI is InChI=1S/C18H16N2O4/c1-12(17(21)20-14-7-5-6-13(10-14)11-19)24-18(22)15-8-3-4-9-16(15)23-2/h3-10,12H,1-2H3,(H,20,21)/t12-/m0/s1. The Bertz CT molecular complexity index is 796. The van der Waals surface area contributed by atoms with Gasteiger partial charge in [-0.2, -0.15) is 5.26 Å². The molecule has 0 fully saturated rings. The third-order valence-electron chi connectivity index (χ3n) is 3.24. The summed E-state index contributed by atoms with van der Waals surface area (Å²) in [5, 5.41) is 11.5. The number of carbonyl (C=O) groups is 2. The van der Waals surface area contributed by atoms with Gasteiger partial charge in [0.15, 0.2) is 6.10 Å². The minimum absolute atomic E-state index is 0.242. The molecule has 0 saturated carbocycles. The molecule has 6 heteroatoms. The molecule has 0 unspecified atom stereocenters. The van der Waals surface area contributed by atoms with Crippen LogP contribution >= 0.6 is 0 Å². The second kappa shape index (κ2) is 7.79. The van der Waals surface area contributed by atoms with Gasteiger partial charge in [-0.25, -0.2) is 4.79 Å². The fourth-order valence-electron chi connectivity index (χ4n) is 2.00. The number of anilines is 1. The molecule has 0 heterocycles. The number of nitrogens with zero attached hydrogens (tertiary/aromatic N) is 1. The molecule has 0 aliphatic carbocycles. The molecule has 24 heavy (non-hydrogen) atoms. The van der Waals surface area contributed by atoms with Gasteiger partial charge in [0.25, 0.3) is 5.91 Å². The monoisotopic (exact) mass is 324 g/mol. The molecule has 2 rings (SSSR count). The van der Waals surface area contributed by atoms with Gasteiger partial charge in [0.05, 0.1) is 18.7 Å². The number of benzene rings is 2. The van der Waals surface area contributed by atoms with E-state index in [4.69, 9.17) is 14.7 Å². The highest BCUT2D eigenvalue weighted by Gasteiger charge is 2.21. The molecule has 0 spiro atoms. The zero-order valence-corrected chi connectivity index (χ0v) is 13.3. The Morgan fingerprint density at radius 1 is 1.17 bits per heavy atom. The van der Waals surface area contributed by atoms with Crippen molar-refractivity contribution in [3.63, 3.8) is 0 Å². The van der Waals surface area contributed by atoms with Crippen molar-refractivity contribution >= 4 is 17.6 Å². The molecule has 6 nitrogen and oxygen atoms in total. The van der Waals surface area contributed by atoms with Crippen LogP contribution in [0.1, 0.15) is 22.8 Å². The van der Waals surface area contributed by atoms with Crippen LogP contribution in [-0.2, 0) is 9.53 Å². The van der Waals surface area contributed by atoms with Crippen LogP contribution in [0.25, 0.3) is 0 Å². The number of amides is 1. The number of hydrogen-bond donors (Lipinski definition) is 1. The lowest BCUT2D eigenvalue weighted by Crippen LogP contribution is -2.30. The average molecular weight is 324 g/mol. The van der Waals surface area contributed by atoms with Crippen LogP contribution < -0.4 is 10.1 Å². The SMILES string of the molecule is COc1ccccc1C(=O)O[C@@H](C)C(=O)Nc1cccc(C#N)c1. The normalized spacial score (nSPS) is 11.0. The molecule has 0 bridgehead atoms. The summed E-state index contributed by atoms with van der Waals surface area (Å²) in [6.07, 6.45) is -1.01. The van der Waals surface area contributed by atoms with E-state index in [2.05, 4.69) is 5.32 Å². The summed E-state index contributed by atoms with van der Waals surface area (Å²) in [5.74, 6) is -0.772. The fraction of sp³-hybridized carbons (Fsp3) is 0.167. The Labute approximate surface area is 139 Å². The van der Waals surface area contributed by atoms with Crippen LogP contribution in [-0.4, -0.2) is 25.1 Å². The van der Waals surface area contributed by atoms with E-state index in [9.17, 15) is 9.59 Å².